The van der Waals surface area contributed by atoms with Crippen molar-refractivity contribution in [2.75, 3.05) is 6.61 Å². The lowest BCUT2D eigenvalue weighted by molar-refractivity contribution is -0.220. The fourth-order valence-corrected chi connectivity index (χ4v) is 4.77. The number of hydrogen-bond donors (Lipinski definition) is 4. The first kappa shape index (κ1) is 23.5. The molecule has 0 spiro atoms. The summed E-state index contributed by atoms with van der Waals surface area (Å²) in [5.74, 6) is 0.849. The molecule has 2 aliphatic rings. The Morgan fingerprint density at radius 1 is 1.11 bits per heavy atom. The summed E-state index contributed by atoms with van der Waals surface area (Å²) in [6.45, 7) is 6.04. The Morgan fingerprint density at radius 3 is 2.43 bits per heavy atom. The Kier molecular flexibility index (Phi) is 9.09. The minimum absolute atomic E-state index is 0.0641. The van der Waals surface area contributed by atoms with Gasteiger partial charge in [0.2, 0.25) is 0 Å². The summed E-state index contributed by atoms with van der Waals surface area (Å²) < 4.78 is 5.66. The third kappa shape index (κ3) is 5.22. The van der Waals surface area contributed by atoms with Gasteiger partial charge in [0, 0.05) is 12.0 Å². The Bertz CT molecular complexity index is 531. The van der Waals surface area contributed by atoms with Gasteiger partial charge >= 0.3 is 0 Å². The molecule has 5 unspecified atom stereocenters. The van der Waals surface area contributed by atoms with Gasteiger partial charge in [0.25, 0.3) is 0 Å². The van der Waals surface area contributed by atoms with Crippen LogP contribution in [-0.4, -0.2) is 63.3 Å². The number of aliphatic hydroxyl groups is 4. The summed E-state index contributed by atoms with van der Waals surface area (Å²) in [5.41, 5.74) is 0.386. The first-order chi connectivity index (χ1) is 13.3. The van der Waals surface area contributed by atoms with E-state index in [1.54, 1.807) is 0 Å². The largest absolute Gasteiger partial charge is 0.394 e. The van der Waals surface area contributed by atoms with Crippen LogP contribution >= 0.6 is 0 Å². The maximum Gasteiger partial charge on any atom is 0.161 e. The van der Waals surface area contributed by atoms with Crippen LogP contribution in [-0.2, 0) is 9.53 Å². The zero-order chi connectivity index (χ0) is 20.8. The van der Waals surface area contributed by atoms with Crippen molar-refractivity contribution in [3.63, 3.8) is 0 Å². The van der Waals surface area contributed by atoms with Crippen LogP contribution in [0.1, 0.15) is 65.7 Å². The number of ether oxygens (including phenoxy) is 1. The molecule has 0 saturated carbocycles. The second kappa shape index (κ2) is 10.8. The second-order valence-electron chi connectivity index (χ2n) is 8.60. The molecule has 1 aliphatic heterocycles. The molecule has 6 nitrogen and oxygen atoms in total. The highest BCUT2D eigenvalue weighted by Crippen LogP contribution is 2.40. The molecule has 162 valence electrons. The molecule has 1 aliphatic carbocycles. The van der Waals surface area contributed by atoms with Crippen molar-refractivity contribution in [2.45, 2.75) is 96.2 Å². The van der Waals surface area contributed by atoms with Crippen molar-refractivity contribution in [2.24, 2.45) is 17.8 Å². The lowest BCUT2D eigenvalue weighted by Crippen LogP contribution is -2.59. The normalized spacial score (nSPS) is 37.6. The van der Waals surface area contributed by atoms with Crippen molar-refractivity contribution < 1.29 is 30.0 Å². The molecular formula is C22H38O6. The number of Topliss-reactive ketones (excluding diaryl/α,β-unsaturated/α-hetero) is 1. The maximum absolute atomic E-state index is 12.9. The van der Waals surface area contributed by atoms with E-state index in [4.69, 9.17) is 4.74 Å². The van der Waals surface area contributed by atoms with Crippen molar-refractivity contribution in [3.05, 3.63) is 11.6 Å². The summed E-state index contributed by atoms with van der Waals surface area (Å²) in [6.07, 6.45) is 2.63. The third-order valence-electron chi connectivity index (χ3n) is 6.46. The van der Waals surface area contributed by atoms with Crippen molar-refractivity contribution >= 4 is 5.78 Å². The van der Waals surface area contributed by atoms with E-state index >= 15 is 0 Å². The van der Waals surface area contributed by atoms with Gasteiger partial charge in [-0.2, -0.15) is 0 Å². The summed E-state index contributed by atoms with van der Waals surface area (Å²) in [7, 11) is 0. The van der Waals surface area contributed by atoms with Gasteiger partial charge in [-0.1, -0.05) is 59.0 Å². The molecule has 0 aromatic heterocycles. The molecule has 4 N–H and O–H groups in total. The summed E-state index contributed by atoms with van der Waals surface area (Å²) in [6, 6.07) is 0. The minimum Gasteiger partial charge on any atom is -0.394 e. The highest BCUT2D eigenvalue weighted by Gasteiger charge is 2.47. The molecule has 0 radical (unpaired) electrons. The molecule has 28 heavy (non-hydrogen) atoms. The van der Waals surface area contributed by atoms with Crippen molar-refractivity contribution in [1.29, 1.82) is 0 Å². The van der Waals surface area contributed by atoms with Gasteiger partial charge in [-0.3, -0.25) is 4.79 Å². The van der Waals surface area contributed by atoms with E-state index in [1.807, 2.05) is 6.08 Å². The average molecular weight is 399 g/mol. The zero-order valence-electron chi connectivity index (χ0n) is 17.5. The number of carbonyl (C=O) groups is 1. The highest BCUT2D eigenvalue weighted by atomic mass is 16.5. The Balaban J connectivity index is 2.28. The standard InChI is InChI=1S/C22H38O6/c1-4-6-7-9-14-10-17(24)16(11-15(14)13(3)8-5-2)22-21(27)20(26)19(25)18(12-23)28-22/h11,13-15,18-23,25-27H,4-10,12H2,1-3H3/t13-,14+,15-,18?,19?,20?,21?,22?/m0/s1. The van der Waals surface area contributed by atoms with Gasteiger partial charge in [-0.15, -0.1) is 0 Å². The van der Waals surface area contributed by atoms with Crippen LogP contribution < -0.4 is 0 Å². The lowest BCUT2D eigenvalue weighted by Gasteiger charge is -2.43. The highest BCUT2D eigenvalue weighted by molar-refractivity contribution is 5.97. The molecule has 0 aromatic rings. The molecule has 2 rings (SSSR count). The van der Waals surface area contributed by atoms with Gasteiger partial charge < -0.3 is 25.2 Å². The van der Waals surface area contributed by atoms with E-state index in [0.29, 0.717) is 17.9 Å². The van der Waals surface area contributed by atoms with E-state index in [2.05, 4.69) is 20.8 Å². The van der Waals surface area contributed by atoms with Crippen LogP contribution in [0, 0.1) is 17.8 Å². The predicted octanol–water partition coefficient (Wildman–Crippen LogP) is 1.98. The predicted molar refractivity (Wildman–Crippen MR) is 107 cm³/mol. The van der Waals surface area contributed by atoms with E-state index in [9.17, 15) is 25.2 Å². The number of unbranched alkanes of at least 4 members (excludes halogenated alkanes) is 2. The van der Waals surface area contributed by atoms with Gasteiger partial charge in [0.15, 0.2) is 5.78 Å². The van der Waals surface area contributed by atoms with E-state index < -0.39 is 37.1 Å². The number of hydrogen-bond acceptors (Lipinski definition) is 6. The fraction of sp³-hybridized carbons (Fsp3) is 0.864. The number of allylic oxidation sites excluding steroid dienone is 1. The molecule has 0 bridgehead atoms. The van der Waals surface area contributed by atoms with Gasteiger partial charge in [0.1, 0.15) is 30.5 Å². The second-order valence-corrected chi connectivity index (χ2v) is 8.60. The Hall–Kier alpha value is -0.790. The third-order valence-corrected chi connectivity index (χ3v) is 6.46. The monoisotopic (exact) mass is 398 g/mol. The number of rotatable bonds is 9. The van der Waals surface area contributed by atoms with Crippen molar-refractivity contribution in [1.82, 2.24) is 0 Å². The minimum atomic E-state index is -1.46. The SMILES string of the molecule is CCCCC[C@@H]1CC(=O)C(C2OC(CO)C(O)C(O)C2O)=C[C@H]1[C@@H](C)CCC. The van der Waals surface area contributed by atoms with Crippen LogP contribution in [0.3, 0.4) is 0 Å². The average Bonchev–Trinajstić information content (AvgIpc) is 2.67. The molecule has 8 atom stereocenters. The topological polar surface area (TPSA) is 107 Å². The molecule has 1 saturated heterocycles. The molecule has 6 heteroatoms. The van der Waals surface area contributed by atoms with Crippen LogP contribution in [0.25, 0.3) is 0 Å². The van der Waals surface area contributed by atoms with Crippen LogP contribution in [0.15, 0.2) is 11.6 Å². The van der Waals surface area contributed by atoms with E-state index in [0.717, 1.165) is 38.5 Å². The number of ketones is 1. The summed E-state index contributed by atoms with van der Waals surface area (Å²) >= 11 is 0. The van der Waals surface area contributed by atoms with Gasteiger partial charge in [-0.25, -0.2) is 0 Å². The molecule has 1 heterocycles. The molecule has 0 amide bonds. The van der Waals surface area contributed by atoms with Crippen LogP contribution in [0.4, 0.5) is 0 Å². The van der Waals surface area contributed by atoms with E-state index in [-0.39, 0.29) is 17.6 Å². The molecule has 1 fully saturated rings. The lowest BCUT2D eigenvalue weighted by atomic mass is 9.69. The summed E-state index contributed by atoms with van der Waals surface area (Å²) in [5, 5.41) is 40.0. The first-order valence-corrected chi connectivity index (χ1v) is 10.9. The molecular weight excluding hydrogens is 360 g/mol. The van der Waals surface area contributed by atoms with Crippen LogP contribution in [0.2, 0.25) is 0 Å². The maximum atomic E-state index is 12.9. The van der Waals surface area contributed by atoms with Crippen molar-refractivity contribution in [3.8, 4) is 0 Å². The van der Waals surface area contributed by atoms with Crippen LogP contribution in [0.5, 0.6) is 0 Å². The Labute approximate surface area is 168 Å². The summed E-state index contributed by atoms with van der Waals surface area (Å²) in [4.78, 5) is 12.9. The van der Waals surface area contributed by atoms with E-state index in [1.165, 1.54) is 0 Å². The fourth-order valence-electron chi connectivity index (χ4n) is 4.77. The molecule has 0 aromatic carbocycles. The van der Waals surface area contributed by atoms with Gasteiger partial charge in [0.05, 0.1) is 6.61 Å². The first-order valence-electron chi connectivity index (χ1n) is 10.9. The number of carbonyl (C=O) groups excluding carboxylic acids is 1. The number of aliphatic hydroxyl groups excluding tert-OH is 4. The quantitative estimate of drug-likeness (QED) is 0.443. The smallest absolute Gasteiger partial charge is 0.161 e. The van der Waals surface area contributed by atoms with Gasteiger partial charge in [-0.05, 0) is 24.2 Å². The Morgan fingerprint density at radius 2 is 1.82 bits per heavy atom. The zero-order valence-corrected chi connectivity index (χ0v) is 17.5.